The van der Waals surface area contributed by atoms with Gasteiger partial charge in [0.1, 0.15) is 6.54 Å². The summed E-state index contributed by atoms with van der Waals surface area (Å²) in [5.74, 6) is -0.772. The van der Waals surface area contributed by atoms with Crippen molar-refractivity contribution >= 4 is 40.3 Å². The number of hydrogen-bond donors (Lipinski definition) is 4. The van der Waals surface area contributed by atoms with Crippen LogP contribution >= 0.6 is 11.6 Å². The van der Waals surface area contributed by atoms with E-state index in [4.69, 9.17) is 11.6 Å². The third-order valence-electron chi connectivity index (χ3n) is 10.7. The van der Waals surface area contributed by atoms with Crippen molar-refractivity contribution in [3.05, 3.63) is 58.7 Å². The van der Waals surface area contributed by atoms with Gasteiger partial charge in [-0.1, -0.05) is 17.7 Å². The highest BCUT2D eigenvalue weighted by Gasteiger charge is 2.57. The highest BCUT2D eigenvalue weighted by Crippen LogP contribution is 2.41. The highest BCUT2D eigenvalue weighted by atomic mass is 35.5. The van der Waals surface area contributed by atoms with Crippen LogP contribution in [-0.4, -0.2) is 128 Å². The summed E-state index contributed by atoms with van der Waals surface area (Å²) in [6.45, 7) is 6.20. The topological polar surface area (TPSA) is 128 Å². The lowest BCUT2D eigenvalue weighted by Crippen LogP contribution is -2.75. The van der Waals surface area contributed by atoms with E-state index in [2.05, 4.69) is 42.5 Å². The molecule has 3 aromatic rings. The number of halogens is 1. The van der Waals surface area contributed by atoms with Gasteiger partial charge in [0.15, 0.2) is 12.3 Å². The maximum atomic E-state index is 13.8. The minimum atomic E-state index is -0.804. The molecule has 0 bridgehead atoms. The Hall–Kier alpha value is -3.26. The number of amides is 1. The number of carboxylic acid groups (broad SMARTS) is 2. The highest BCUT2D eigenvalue weighted by molar-refractivity contribution is 6.30. The smallest absolute Gasteiger partial charge is 0.480 e. The number of anilines is 1. The van der Waals surface area contributed by atoms with E-state index in [0.717, 1.165) is 99.1 Å². The van der Waals surface area contributed by atoms with E-state index < -0.39 is 12.1 Å². The van der Waals surface area contributed by atoms with Gasteiger partial charge < -0.3 is 15.5 Å². The Bertz CT molecular complexity index is 1570. The first-order chi connectivity index (χ1) is 22.3. The lowest BCUT2D eigenvalue weighted by molar-refractivity contribution is -1.01. The van der Waals surface area contributed by atoms with Crippen molar-refractivity contribution in [1.82, 2.24) is 29.9 Å². The number of carbonyl (C=O) groups is 2. The van der Waals surface area contributed by atoms with Crippen LogP contribution in [-0.2, 0) is 11.2 Å². The molecule has 4 N–H and O–H groups in total. The Kier molecular flexibility index (Phi) is 8.92. The first-order valence-corrected chi connectivity index (χ1v) is 17.0. The number of rotatable bonds is 6. The molecular formula is C33H44ClN8O4+. The second-order valence-corrected chi connectivity index (χ2v) is 13.7. The minimum Gasteiger partial charge on any atom is -0.480 e. The monoisotopic (exact) mass is 651 g/mol. The number of benzene rings is 2. The molecule has 46 heavy (non-hydrogen) atoms. The second-order valence-electron chi connectivity index (χ2n) is 13.3. The van der Waals surface area contributed by atoms with Crippen molar-refractivity contribution in [3.63, 3.8) is 0 Å². The van der Waals surface area contributed by atoms with Crippen LogP contribution in [0.1, 0.15) is 49.4 Å². The molecule has 4 aliphatic heterocycles. The fraction of sp³-hybridized carbons (Fsp3) is 0.545. The summed E-state index contributed by atoms with van der Waals surface area (Å²) in [6, 6.07) is 12.5. The summed E-state index contributed by atoms with van der Waals surface area (Å²) >= 11 is 6.43. The van der Waals surface area contributed by atoms with Gasteiger partial charge in [-0.15, -0.1) is 9.60 Å². The fourth-order valence-corrected chi connectivity index (χ4v) is 8.62. The Morgan fingerprint density at radius 2 is 1.74 bits per heavy atom. The normalized spacial score (nSPS) is 27.6. The lowest BCUT2D eigenvalue weighted by Gasteiger charge is -2.54. The fourth-order valence-electron chi connectivity index (χ4n) is 8.42. The molecule has 0 aliphatic carbocycles. The molecule has 0 spiro atoms. The van der Waals surface area contributed by atoms with Gasteiger partial charge in [0, 0.05) is 67.8 Å². The van der Waals surface area contributed by atoms with E-state index in [-0.39, 0.29) is 23.5 Å². The maximum absolute atomic E-state index is 13.8. The van der Waals surface area contributed by atoms with E-state index in [9.17, 15) is 19.8 Å². The van der Waals surface area contributed by atoms with Gasteiger partial charge in [0.05, 0.1) is 24.8 Å². The van der Waals surface area contributed by atoms with Gasteiger partial charge in [0.25, 0.3) is 0 Å². The molecule has 7 rings (SSSR count). The molecule has 1 amide bonds. The summed E-state index contributed by atoms with van der Waals surface area (Å²) < 4.78 is -0.124. The number of nitrogens with zero attached hydrogens (tertiary/aromatic N) is 6. The van der Waals surface area contributed by atoms with E-state index in [1.54, 1.807) is 0 Å². The Balaban J connectivity index is 1.17. The molecule has 2 unspecified atom stereocenters. The molecular weight excluding hydrogens is 608 g/mol. The summed E-state index contributed by atoms with van der Waals surface area (Å²) in [4.78, 5) is 32.0. The van der Waals surface area contributed by atoms with Gasteiger partial charge in [-0.25, -0.2) is 0 Å². The minimum absolute atomic E-state index is 0.101. The van der Waals surface area contributed by atoms with Crippen LogP contribution in [0.15, 0.2) is 42.6 Å². The first-order valence-electron chi connectivity index (χ1n) is 16.6. The van der Waals surface area contributed by atoms with E-state index >= 15 is 0 Å². The van der Waals surface area contributed by atoms with E-state index in [0.29, 0.717) is 30.6 Å². The molecule has 2 aromatic carbocycles. The summed E-state index contributed by atoms with van der Waals surface area (Å²) in [5, 5.41) is 35.4. The van der Waals surface area contributed by atoms with Crippen LogP contribution in [0.3, 0.4) is 0 Å². The predicted molar refractivity (Wildman–Crippen MR) is 175 cm³/mol. The van der Waals surface area contributed by atoms with E-state index in [1.165, 1.54) is 0 Å². The number of piperazine rings is 1. The predicted octanol–water partition coefficient (Wildman–Crippen LogP) is 4.27. The standard InChI is InChI=1S/C33H43ClN8O4/c34-26-5-7-28-23(20-26)8-13-41(32(36-28)24-4-6-29-25(19-24)21-35-37-29)42(33(45)46)18-2-1-3-30(42)40-11-9-27(10-12-40)39-16-14-38(15-17-39)22-31(43)44/h4-7,19-21,27,30,32,36H,1-3,8-18,22H2,(H2-,35,37,43,44,45,46)/p+1/t30?,32?,42-/m1/s1. The molecule has 5 heterocycles. The van der Waals surface area contributed by atoms with Crippen molar-refractivity contribution < 1.29 is 24.4 Å². The molecule has 3 atom stereocenters. The Morgan fingerprint density at radius 1 is 0.935 bits per heavy atom. The van der Waals surface area contributed by atoms with Crippen molar-refractivity contribution in [2.24, 2.45) is 0 Å². The van der Waals surface area contributed by atoms with Gasteiger partial charge in [0.2, 0.25) is 0 Å². The zero-order valence-electron chi connectivity index (χ0n) is 26.2. The van der Waals surface area contributed by atoms with Crippen molar-refractivity contribution in [3.8, 4) is 0 Å². The number of quaternary nitrogens is 1. The number of carboxylic acids is 1. The number of piperidine rings is 2. The third kappa shape index (κ3) is 5.98. The summed E-state index contributed by atoms with van der Waals surface area (Å²) in [7, 11) is 0. The quantitative estimate of drug-likeness (QED) is 0.287. The molecule has 0 radical (unpaired) electrons. The van der Waals surface area contributed by atoms with Crippen LogP contribution < -0.4 is 5.32 Å². The second kappa shape index (κ2) is 13.1. The van der Waals surface area contributed by atoms with Crippen LogP contribution in [0.5, 0.6) is 0 Å². The number of fused-ring (bicyclic) bond motifs is 2. The molecule has 0 saturated carbocycles. The number of hydrogen-bond acceptors (Lipinski definition) is 8. The Labute approximate surface area is 274 Å². The third-order valence-corrected chi connectivity index (χ3v) is 11.0. The zero-order chi connectivity index (χ0) is 31.8. The van der Waals surface area contributed by atoms with Crippen LogP contribution in [0.4, 0.5) is 10.5 Å². The van der Waals surface area contributed by atoms with Gasteiger partial charge >= 0.3 is 12.1 Å². The zero-order valence-corrected chi connectivity index (χ0v) is 26.9. The summed E-state index contributed by atoms with van der Waals surface area (Å²) in [5.41, 5.74) is 4.01. The average molecular weight is 652 g/mol. The van der Waals surface area contributed by atoms with Crippen LogP contribution in [0, 0.1) is 0 Å². The number of H-pyrrole nitrogens is 1. The molecule has 4 aliphatic rings. The SMILES string of the molecule is O=C(O)CN1CCN(C2CCN(C3CCCC[N@@+]3(C(=O)O)N3CCc4cc(Cl)ccc4NC3c3ccc4[nH]ncc4c3)CC2)CC1. The Morgan fingerprint density at radius 3 is 2.50 bits per heavy atom. The maximum Gasteiger partial charge on any atom is 0.535 e. The number of aromatic amines is 1. The number of aromatic nitrogens is 2. The van der Waals surface area contributed by atoms with Gasteiger partial charge in [-0.3, -0.25) is 24.6 Å². The molecule has 12 nitrogen and oxygen atoms in total. The number of likely N-dealkylation sites (tertiary alicyclic amines) is 2. The van der Waals surface area contributed by atoms with Gasteiger partial charge in [-0.05, 0) is 73.6 Å². The largest absolute Gasteiger partial charge is 0.535 e. The van der Waals surface area contributed by atoms with Gasteiger partial charge in [-0.2, -0.15) is 9.89 Å². The summed E-state index contributed by atoms with van der Waals surface area (Å²) in [6.07, 6.45) is 5.79. The van der Waals surface area contributed by atoms with E-state index in [1.807, 2.05) is 35.4 Å². The number of aliphatic carboxylic acids is 1. The lowest BCUT2D eigenvalue weighted by atomic mass is 9.98. The van der Waals surface area contributed by atoms with Crippen molar-refractivity contribution in [2.45, 2.75) is 56.9 Å². The van der Waals surface area contributed by atoms with Crippen LogP contribution in [0.25, 0.3) is 10.9 Å². The van der Waals surface area contributed by atoms with Crippen molar-refractivity contribution in [2.75, 3.05) is 64.2 Å². The molecule has 246 valence electrons. The molecule has 1 aromatic heterocycles. The molecule has 13 heteroatoms. The first kappa shape index (κ1) is 31.3. The average Bonchev–Trinajstić information content (AvgIpc) is 3.45. The molecule has 3 fully saturated rings. The molecule has 3 saturated heterocycles. The van der Waals surface area contributed by atoms with Crippen molar-refractivity contribution in [1.29, 1.82) is 0 Å². The number of nitrogens with one attached hydrogen (secondary N) is 2. The van der Waals surface area contributed by atoms with Crippen LogP contribution in [0.2, 0.25) is 5.02 Å².